The van der Waals surface area contributed by atoms with Crippen molar-refractivity contribution in [3.8, 4) is 0 Å². The second-order valence-electron chi connectivity index (χ2n) is 3.99. The summed E-state index contributed by atoms with van der Waals surface area (Å²) in [6.45, 7) is 0. The van der Waals surface area contributed by atoms with Crippen molar-refractivity contribution < 1.29 is 4.79 Å². The average Bonchev–Trinajstić information content (AvgIpc) is 2.57. The van der Waals surface area contributed by atoms with Crippen LogP contribution in [0.3, 0.4) is 0 Å². The number of carbonyl (C=O) groups excluding carboxylic acids is 1. The van der Waals surface area contributed by atoms with Crippen molar-refractivity contribution in [3.05, 3.63) is 29.8 Å². The summed E-state index contributed by atoms with van der Waals surface area (Å²) in [5.74, 6) is 1.23. The maximum Gasteiger partial charge on any atom is 0.234 e. The molecule has 0 N–H and O–H groups in total. The van der Waals surface area contributed by atoms with Crippen LogP contribution >= 0.6 is 0 Å². The zero-order valence-corrected chi connectivity index (χ0v) is 8.26. The van der Waals surface area contributed by atoms with E-state index in [0.717, 1.165) is 6.29 Å². The number of rotatable bonds is 2. The van der Waals surface area contributed by atoms with E-state index in [9.17, 15) is 4.79 Å². The topological polar surface area (TPSA) is 47.3 Å². The Morgan fingerprint density at radius 1 is 1.33 bits per heavy atom. The van der Waals surface area contributed by atoms with E-state index in [-0.39, 0.29) is 0 Å². The van der Waals surface area contributed by atoms with Crippen LogP contribution in [0, 0.1) is 0 Å². The lowest BCUT2D eigenvalue weighted by atomic mass is 9.81. The summed E-state index contributed by atoms with van der Waals surface area (Å²) in [7, 11) is 0. The van der Waals surface area contributed by atoms with Crippen molar-refractivity contribution in [1.82, 2.24) is 14.4 Å². The van der Waals surface area contributed by atoms with Crippen LogP contribution in [0.5, 0.6) is 0 Å². The summed E-state index contributed by atoms with van der Waals surface area (Å²) < 4.78 is 1.76. The molecule has 0 aliphatic heterocycles. The fourth-order valence-electron chi connectivity index (χ4n) is 1.95. The minimum absolute atomic E-state index is 0.568. The minimum Gasteiger partial charge on any atom is -0.296 e. The minimum atomic E-state index is 0.568. The first-order chi connectivity index (χ1) is 7.38. The zero-order chi connectivity index (χ0) is 10.3. The van der Waals surface area contributed by atoms with E-state index in [0.29, 0.717) is 17.4 Å². The van der Waals surface area contributed by atoms with E-state index in [2.05, 4.69) is 9.97 Å². The summed E-state index contributed by atoms with van der Waals surface area (Å²) in [4.78, 5) is 19.1. The zero-order valence-electron chi connectivity index (χ0n) is 8.26. The first kappa shape index (κ1) is 8.59. The average molecular weight is 201 g/mol. The molecule has 2 heterocycles. The van der Waals surface area contributed by atoms with Gasteiger partial charge >= 0.3 is 0 Å². The maximum atomic E-state index is 10.8. The van der Waals surface area contributed by atoms with Crippen LogP contribution in [-0.2, 0) is 0 Å². The van der Waals surface area contributed by atoms with Crippen molar-refractivity contribution in [2.24, 2.45) is 0 Å². The SMILES string of the molecule is O=Cc1cnc2ncc(C3CCC3)cn12. The molecule has 76 valence electrons. The fraction of sp³-hybridized carbons (Fsp3) is 0.364. The van der Waals surface area contributed by atoms with E-state index >= 15 is 0 Å². The van der Waals surface area contributed by atoms with Crippen molar-refractivity contribution in [2.75, 3.05) is 0 Å². The lowest BCUT2D eigenvalue weighted by molar-refractivity contribution is 0.111. The number of hydrogen-bond donors (Lipinski definition) is 0. The Morgan fingerprint density at radius 3 is 2.80 bits per heavy atom. The van der Waals surface area contributed by atoms with E-state index < -0.39 is 0 Å². The molecule has 3 rings (SSSR count). The number of carbonyl (C=O) groups is 1. The summed E-state index contributed by atoms with van der Waals surface area (Å²) in [5, 5.41) is 0. The number of aldehydes is 1. The lowest BCUT2D eigenvalue weighted by Gasteiger charge is -2.25. The van der Waals surface area contributed by atoms with Gasteiger partial charge in [0.2, 0.25) is 5.78 Å². The van der Waals surface area contributed by atoms with Crippen LogP contribution in [0.25, 0.3) is 5.78 Å². The molecular formula is C11H11N3O. The van der Waals surface area contributed by atoms with E-state index in [1.165, 1.54) is 24.8 Å². The molecule has 0 radical (unpaired) electrons. The Balaban J connectivity index is 2.13. The molecule has 2 aromatic heterocycles. The van der Waals surface area contributed by atoms with Gasteiger partial charge in [0.05, 0.1) is 6.20 Å². The highest BCUT2D eigenvalue weighted by atomic mass is 16.1. The van der Waals surface area contributed by atoms with Crippen molar-refractivity contribution in [2.45, 2.75) is 25.2 Å². The number of hydrogen-bond acceptors (Lipinski definition) is 3. The van der Waals surface area contributed by atoms with Gasteiger partial charge in [-0.05, 0) is 24.3 Å². The van der Waals surface area contributed by atoms with Crippen molar-refractivity contribution in [1.29, 1.82) is 0 Å². The standard InChI is InChI=1S/C11H11N3O/c15-7-10-5-13-11-12-4-9(6-14(10)11)8-2-1-3-8/h4-8H,1-3H2. The summed E-state index contributed by atoms with van der Waals surface area (Å²) in [6.07, 6.45) is 10.00. The third-order valence-corrected chi connectivity index (χ3v) is 3.11. The Labute approximate surface area is 87.0 Å². The van der Waals surface area contributed by atoms with Crippen LogP contribution in [0.2, 0.25) is 0 Å². The Morgan fingerprint density at radius 2 is 2.13 bits per heavy atom. The molecule has 0 saturated heterocycles. The normalized spacial score (nSPS) is 16.5. The number of fused-ring (bicyclic) bond motifs is 1. The maximum absolute atomic E-state index is 10.8. The molecule has 0 unspecified atom stereocenters. The lowest BCUT2D eigenvalue weighted by Crippen LogP contribution is -2.10. The van der Waals surface area contributed by atoms with Crippen LogP contribution in [0.15, 0.2) is 18.6 Å². The molecule has 1 aliphatic carbocycles. The second-order valence-corrected chi connectivity index (χ2v) is 3.99. The van der Waals surface area contributed by atoms with E-state index in [1.807, 2.05) is 12.4 Å². The highest BCUT2D eigenvalue weighted by molar-refractivity contribution is 5.73. The molecule has 4 heteroatoms. The molecule has 2 aromatic rings. The van der Waals surface area contributed by atoms with Gasteiger partial charge in [-0.1, -0.05) is 6.42 Å². The summed E-state index contributed by atoms with van der Waals surface area (Å²) in [5.41, 5.74) is 1.79. The van der Waals surface area contributed by atoms with E-state index in [1.54, 1.807) is 10.6 Å². The summed E-state index contributed by atoms with van der Waals surface area (Å²) in [6, 6.07) is 0. The van der Waals surface area contributed by atoms with Crippen LogP contribution in [-0.4, -0.2) is 20.7 Å². The first-order valence-electron chi connectivity index (χ1n) is 5.16. The molecule has 0 atom stereocenters. The quantitative estimate of drug-likeness (QED) is 0.696. The smallest absolute Gasteiger partial charge is 0.234 e. The molecule has 0 amide bonds. The van der Waals surface area contributed by atoms with Crippen LogP contribution < -0.4 is 0 Å². The fourth-order valence-corrected chi connectivity index (χ4v) is 1.95. The van der Waals surface area contributed by atoms with Crippen LogP contribution in [0.4, 0.5) is 0 Å². The van der Waals surface area contributed by atoms with Gasteiger partial charge in [0.15, 0.2) is 6.29 Å². The molecule has 1 aliphatic rings. The van der Waals surface area contributed by atoms with E-state index in [4.69, 9.17) is 0 Å². The Hall–Kier alpha value is -1.71. The third-order valence-electron chi connectivity index (χ3n) is 3.11. The van der Waals surface area contributed by atoms with Crippen molar-refractivity contribution >= 4 is 12.1 Å². The number of imidazole rings is 1. The largest absolute Gasteiger partial charge is 0.296 e. The molecule has 15 heavy (non-hydrogen) atoms. The molecular weight excluding hydrogens is 190 g/mol. The van der Waals surface area contributed by atoms with Gasteiger partial charge in [0, 0.05) is 12.4 Å². The summed E-state index contributed by atoms with van der Waals surface area (Å²) >= 11 is 0. The molecule has 0 bridgehead atoms. The Kier molecular flexibility index (Phi) is 1.80. The first-order valence-corrected chi connectivity index (χ1v) is 5.16. The number of nitrogens with zero attached hydrogens (tertiary/aromatic N) is 3. The highest BCUT2D eigenvalue weighted by Crippen LogP contribution is 2.35. The van der Waals surface area contributed by atoms with Crippen molar-refractivity contribution in [3.63, 3.8) is 0 Å². The van der Waals surface area contributed by atoms with Gasteiger partial charge in [0.1, 0.15) is 5.69 Å². The van der Waals surface area contributed by atoms with Gasteiger partial charge in [-0.15, -0.1) is 0 Å². The molecule has 1 saturated carbocycles. The molecule has 0 aromatic carbocycles. The third kappa shape index (κ3) is 1.25. The predicted molar refractivity (Wildman–Crippen MR) is 55.0 cm³/mol. The monoisotopic (exact) mass is 201 g/mol. The second kappa shape index (κ2) is 3.15. The van der Waals surface area contributed by atoms with Gasteiger partial charge in [0.25, 0.3) is 0 Å². The Bertz CT molecular complexity index is 514. The molecule has 1 fully saturated rings. The predicted octanol–water partition coefficient (Wildman–Crippen LogP) is 1.81. The van der Waals surface area contributed by atoms with Gasteiger partial charge in [-0.3, -0.25) is 9.20 Å². The van der Waals surface area contributed by atoms with Crippen LogP contribution in [0.1, 0.15) is 41.2 Å². The highest BCUT2D eigenvalue weighted by Gasteiger charge is 2.20. The van der Waals surface area contributed by atoms with Gasteiger partial charge in [-0.25, -0.2) is 9.97 Å². The number of aromatic nitrogens is 3. The van der Waals surface area contributed by atoms with Gasteiger partial charge < -0.3 is 0 Å². The van der Waals surface area contributed by atoms with Gasteiger partial charge in [-0.2, -0.15) is 0 Å². The molecule has 0 spiro atoms. The molecule has 4 nitrogen and oxygen atoms in total.